The molecule has 12 heavy (non-hydrogen) atoms. The molecule has 0 saturated heterocycles. The summed E-state index contributed by atoms with van der Waals surface area (Å²) in [6.45, 7) is 6.89. The highest BCUT2D eigenvalue weighted by atomic mass is 19.4. The van der Waals surface area contributed by atoms with E-state index in [9.17, 15) is 13.2 Å². The van der Waals surface area contributed by atoms with Gasteiger partial charge in [-0.25, -0.2) is 0 Å². The van der Waals surface area contributed by atoms with Crippen molar-refractivity contribution in [2.75, 3.05) is 0 Å². The lowest BCUT2D eigenvalue weighted by Crippen LogP contribution is -2.28. The van der Waals surface area contributed by atoms with Crippen LogP contribution >= 0.6 is 0 Å². The molecular weight excluding hydrogens is 165 g/mol. The molecule has 0 saturated carbocycles. The molecule has 0 nitrogen and oxygen atoms in total. The monoisotopic (exact) mass is 182 g/mol. The van der Waals surface area contributed by atoms with E-state index in [1.807, 2.05) is 13.8 Å². The normalized spacial score (nSPS) is 15.8. The van der Waals surface area contributed by atoms with Crippen LogP contribution in [0.5, 0.6) is 0 Å². The summed E-state index contributed by atoms with van der Waals surface area (Å²) in [5.74, 6) is -1.34. The summed E-state index contributed by atoms with van der Waals surface area (Å²) in [5, 5.41) is 0. The highest BCUT2D eigenvalue weighted by Crippen LogP contribution is 2.36. The van der Waals surface area contributed by atoms with Crippen molar-refractivity contribution in [3.63, 3.8) is 0 Å². The highest BCUT2D eigenvalue weighted by Gasteiger charge is 2.41. The largest absolute Gasteiger partial charge is 0.392 e. The zero-order valence-electron chi connectivity index (χ0n) is 8.07. The van der Waals surface area contributed by atoms with Gasteiger partial charge in [-0.2, -0.15) is 13.2 Å². The third-order valence-electron chi connectivity index (χ3n) is 1.95. The van der Waals surface area contributed by atoms with Crippen LogP contribution in [-0.4, -0.2) is 6.18 Å². The Labute approximate surface area is 72.2 Å². The minimum absolute atomic E-state index is 0.110. The molecule has 3 heteroatoms. The Balaban J connectivity index is 4.25. The fourth-order valence-corrected chi connectivity index (χ4v) is 1.29. The summed E-state index contributed by atoms with van der Waals surface area (Å²) >= 11 is 0. The summed E-state index contributed by atoms with van der Waals surface area (Å²) in [6, 6.07) is 0. The number of hydrogen-bond donors (Lipinski definition) is 0. The van der Waals surface area contributed by atoms with Gasteiger partial charge in [-0.05, 0) is 18.3 Å². The van der Waals surface area contributed by atoms with E-state index < -0.39 is 12.1 Å². The summed E-state index contributed by atoms with van der Waals surface area (Å²) in [4.78, 5) is 0. The van der Waals surface area contributed by atoms with E-state index in [-0.39, 0.29) is 18.3 Å². The van der Waals surface area contributed by atoms with Crippen LogP contribution in [0.25, 0.3) is 0 Å². The topological polar surface area (TPSA) is 0 Å². The van der Waals surface area contributed by atoms with E-state index in [1.165, 1.54) is 0 Å². The number of alkyl halides is 3. The standard InChI is InChI=1S/C9H17F3/c1-6(2)5-8(7(3)4)9(10,11)12/h6-8H,5H2,1-4H3/t8-/m1/s1. The summed E-state index contributed by atoms with van der Waals surface area (Å²) in [6.07, 6.45) is -3.79. The first kappa shape index (κ1) is 11.8. The molecule has 0 amide bonds. The van der Waals surface area contributed by atoms with Gasteiger partial charge < -0.3 is 0 Å². The number of hydrogen-bond acceptors (Lipinski definition) is 0. The molecule has 0 heterocycles. The second kappa shape index (κ2) is 4.15. The molecule has 0 aromatic rings. The number of rotatable bonds is 3. The third-order valence-corrected chi connectivity index (χ3v) is 1.95. The Morgan fingerprint density at radius 1 is 1.00 bits per heavy atom. The first-order chi connectivity index (χ1) is 5.25. The minimum atomic E-state index is -4.03. The third kappa shape index (κ3) is 3.98. The van der Waals surface area contributed by atoms with Gasteiger partial charge in [-0.15, -0.1) is 0 Å². The average molecular weight is 182 g/mol. The molecule has 0 bridgehead atoms. The predicted molar refractivity (Wildman–Crippen MR) is 43.8 cm³/mol. The first-order valence-electron chi connectivity index (χ1n) is 4.31. The molecule has 74 valence electrons. The van der Waals surface area contributed by atoms with Crippen molar-refractivity contribution in [1.82, 2.24) is 0 Å². The molecule has 0 unspecified atom stereocenters. The summed E-state index contributed by atoms with van der Waals surface area (Å²) in [7, 11) is 0. The van der Waals surface area contributed by atoms with Crippen molar-refractivity contribution in [3.8, 4) is 0 Å². The van der Waals surface area contributed by atoms with Crippen LogP contribution in [0.1, 0.15) is 34.1 Å². The van der Waals surface area contributed by atoms with Gasteiger partial charge in [0.05, 0.1) is 5.92 Å². The Morgan fingerprint density at radius 2 is 1.42 bits per heavy atom. The van der Waals surface area contributed by atoms with Gasteiger partial charge in [0.1, 0.15) is 0 Å². The van der Waals surface area contributed by atoms with Crippen molar-refractivity contribution in [1.29, 1.82) is 0 Å². The molecule has 1 atom stereocenters. The molecule has 0 aliphatic heterocycles. The lowest BCUT2D eigenvalue weighted by molar-refractivity contribution is -0.190. The maximum atomic E-state index is 12.3. The van der Waals surface area contributed by atoms with Gasteiger partial charge in [0.15, 0.2) is 0 Å². The fourth-order valence-electron chi connectivity index (χ4n) is 1.29. The average Bonchev–Trinajstić information content (AvgIpc) is 1.79. The van der Waals surface area contributed by atoms with E-state index in [4.69, 9.17) is 0 Å². The molecule has 0 aliphatic rings. The molecule has 0 N–H and O–H groups in total. The highest BCUT2D eigenvalue weighted by molar-refractivity contribution is 4.72. The van der Waals surface area contributed by atoms with Crippen LogP contribution in [-0.2, 0) is 0 Å². The lowest BCUT2D eigenvalue weighted by Gasteiger charge is -2.25. The zero-order chi connectivity index (χ0) is 9.94. The lowest BCUT2D eigenvalue weighted by atomic mass is 9.87. The Hall–Kier alpha value is -0.210. The van der Waals surface area contributed by atoms with Crippen LogP contribution in [0.15, 0.2) is 0 Å². The van der Waals surface area contributed by atoms with Crippen molar-refractivity contribution in [3.05, 3.63) is 0 Å². The second-order valence-corrected chi connectivity index (χ2v) is 4.02. The molecular formula is C9H17F3. The van der Waals surface area contributed by atoms with Crippen LogP contribution in [0, 0.1) is 17.8 Å². The Morgan fingerprint density at radius 3 is 1.50 bits per heavy atom. The van der Waals surface area contributed by atoms with Gasteiger partial charge in [-0.3, -0.25) is 0 Å². The van der Waals surface area contributed by atoms with Crippen molar-refractivity contribution in [2.45, 2.75) is 40.3 Å². The second-order valence-electron chi connectivity index (χ2n) is 4.02. The minimum Gasteiger partial charge on any atom is -0.171 e. The predicted octanol–water partition coefficient (Wildman–Crippen LogP) is 3.87. The molecule has 0 radical (unpaired) electrons. The molecule has 0 fully saturated rings. The van der Waals surface area contributed by atoms with Crippen LogP contribution in [0.2, 0.25) is 0 Å². The smallest absolute Gasteiger partial charge is 0.171 e. The van der Waals surface area contributed by atoms with Crippen molar-refractivity contribution < 1.29 is 13.2 Å². The Kier molecular flexibility index (Phi) is 4.08. The fraction of sp³-hybridized carbons (Fsp3) is 1.00. The molecule has 0 aromatic heterocycles. The number of halogens is 3. The van der Waals surface area contributed by atoms with Gasteiger partial charge >= 0.3 is 6.18 Å². The van der Waals surface area contributed by atoms with Gasteiger partial charge in [-0.1, -0.05) is 27.7 Å². The van der Waals surface area contributed by atoms with Gasteiger partial charge in [0.25, 0.3) is 0 Å². The zero-order valence-corrected chi connectivity index (χ0v) is 8.07. The maximum absolute atomic E-state index is 12.3. The molecule has 0 aliphatic carbocycles. The molecule has 0 aromatic carbocycles. The molecule has 0 spiro atoms. The quantitative estimate of drug-likeness (QED) is 0.621. The van der Waals surface area contributed by atoms with E-state index in [2.05, 4.69) is 0 Å². The molecule has 0 rings (SSSR count). The van der Waals surface area contributed by atoms with E-state index in [1.54, 1.807) is 13.8 Å². The van der Waals surface area contributed by atoms with E-state index >= 15 is 0 Å². The Bertz CT molecular complexity index is 124. The van der Waals surface area contributed by atoms with Crippen molar-refractivity contribution >= 4 is 0 Å². The van der Waals surface area contributed by atoms with Crippen LogP contribution < -0.4 is 0 Å². The van der Waals surface area contributed by atoms with E-state index in [0.717, 1.165) is 0 Å². The first-order valence-corrected chi connectivity index (χ1v) is 4.31. The van der Waals surface area contributed by atoms with E-state index in [0.29, 0.717) is 0 Å². The van der Waals surface area contributed by atoms with Gasteiger partial charge in [0, 0.05) is 0 Å². The van der Waals surface area contributed by atoms with Crippen molar-refractivity contribution in [2.24, 2.45) is 17.8 Å². The maximum Gasteiger partial charge on any atom is 0.392 e. The van der Waals surface area contributed by atoms with Crippen LogP contribution in [0.3, 0.4) is 0 Å². The SMILES string of the molecule is CC(C)C[C@H](C(C)C)C(F)(F)F. The summed E-state index contributed by atoms with van der Waals surface area (Å²) in [5.41, 5.74) is 0. The van der Waals surface area contributed by atoms with Gasteiger partial charge in [0.2, 0.25) is 0 Å². The van der Waals surface area contributed by atoms with Crippen LogP contribution in [0.4, 0.5) is 13.2 Å². The summed E-state index contributed by atoms with van der Waals surface area (Å²) < 4.78 is 37.0.